The fourth-order valence-electron chi connectivity index (χ4n) is 2.70. The molecule has 0 N–H and O–H groups in total. The first-order valence-electron chi connectivity index (χ1n) is 8.54. The number of hydrogen-bond acceptors (Lipinski definition) is 4. The van der Waals surface area contributed by atoms with Gasteiger partial charge in [-0.05, 0) is 48.5 Å². The highest BCUT2D eigenvalue weighted by Crippen LogP contribution is 2.29. The van der Waals surface area contributed by atoms with E-state index in [1.54, 1.807) is 30.3 Å². The Labute approximate surface area is 178 Å². The Kier molecular flexibility index (Phi) is 5.32. The average molecular weight is 445 g/mol. The van der Waals surface area contributed by atoms with Crippen molar-refractivity contribution in [3.05, 3.63) is 95.0 Å². The SMILES string of the molecule is O=S(=O)(Oc1cc(-c2ccccc2)nn1-c1ccc(Cl)cc1)c1ccc(Cl)cc1. The standard InChI is InChI=1S/C21H14Cl2N2O3S/c22-16-6-10-18(11-7-16)25-21(14-20(24-25)15-4-2-1-3-5-15)28-29(26,27)19-12-8-17(23)9-13-19/h1-14H. The van der Waals surface area contributed by atoms with Crippen LogP contribution in [-0.2, 0) is 10.1 Å². The number of benzene rings is 3. The minimum absolute atomic E-state index is 0.00739. The van der Waals surface area contributed by atoms with Gasteiger partial charge in [0.15, 0.2) is 0 Å². The number of halogens is 2. The minimum Gasteiger partial charge on any atom is -0.358 e. The molecule has 0 aliphatic carbocycles. The summed E-state index contributed by atoms with van der Waals surface area (Å²) in [6.45, 7) is 0. The van der Waals surface area contributed by atoms with Crippen molar-refractivity contribution in [1.29, 1.82) is 0 Å². The second-order valence-electron chi connectivity index (χ2n) is 6.11. The molecule has 0 atom stereocenters. The molecule has 29 heavy (non-hydrogen) atoms. The Morgan fingerprint density at radius 3 is 2.00 bits per heavy atom. The van der Waals surface area contributed by atoms with Crippen LogP contribution in [0, 0.1) is 0 Å². The fourth-order valence-corrected chi connectivity index (χ4v) is 3.86. The molecule has 4 rings (SSSR count). The van der Waals surface area contributed by atoms with E-state index < -0.39 is 10.1 Å². The lowest BCUT2D eigenvalue weighted by atomic mass is 10.2. The molecule has 0 aliphatic heterocycles. The maximum absolute atomic E-state index is 12.8. The van der Waals surface area contributed by atoms with Crippen LogP contribution < -0.4 is 4.18 Å². The summed E-state index contributed by atoms with van der Waals surface area (Å²) < 4.78 is 32.4. The highest BCUT2D eigenvalue weighted by Gasteiger charge is 2.21. The molecule has 8 heteroatoms. The molecule has 0 unspecified atom stereocenters. The molecule has 0 saturated heterocycles. The van der Waals surface area contributed by atoms with Crippen LogP contribution >= 0.6 is 23.2 Å². The summed E-state index contributed by atoms with van der Waals surface area (Å²) in [5.74, 6) is 0.0566. The molecule has 1 heterocycles. The van der Waals surface area contributed by atoms with Crippen molar-refractivity contribution in [2.24, 2.45) is 0 Å². The molecular weight excluding hydrogens is 431 g/mol. The maximum Gasteiger partial charge on any atom is 0.340 e. The van der Waals surface area contributed by atoms with Crippen molar-refractivity contribution in [2.45, 2.75) is 4.90 Å². The Morgan fingerprint density at radius 2 is 1.38 bits per heavy atom. The van der Waals surface area contributed by atoms with Crippen molar-refractivity contribution >= 4 is 33.3 Å². The molecule has 3 aromatic carbocycles. The van der Waals surface area contributed by atoms with Gasteiger partial charge in [0.25, 0.3) is 0 Å². The van der Waals surface area contributed by atoms with E-state index in [1.165, 1.54) is 28.9 Å². The van der Waals surface area contributed by atoms with Crippen molar-refractivity contribution in [3.8, 4) is 22.8 Å². The van der Waals surface area contributed by atoms with E-state index in [0.29, 0.717) is 21.4 Å². The molecule has 5 nitrogen and oxygen atoms in total. The summed E-state index contributed by atoms with van der Waals surface area (Å²) in [7, 11) is -4.08. The van der Waals surface area contributed by atoms with Crippen molar-refractivity contribution in [2.75, 3.05) is 0 Å². The molecule has 0 aliphatic rings. The normalized spacial score (nSPS) is 11.4. The van der Waals surface area contributed by atoms with Gasteiger partial charge in [-0.3, -0.25) is 0 Å². The Hall–Kier alpha value is -2.80. The number of nitrogens with zero attached hydrogens (tertiary/aromatic N) is 2. The van der Waals surface area contributed by atoms with Crippen LogP contribution in [0.15, 0.2) is 89.8 Å². The van der Waals surface area contributed by atoms with E-state index in [0.717, 1.165) is 5.56 Å². The number of aromatic nitrogens is 2. The first-order chi connectivity index (χ1) is 13.9. The van der Waals surface area contributed by atoms with Crippen LogP contribution in [0.2, 0.25) is 10.0 Å². The molecule has 0 bridgehead atoms. The fraction of sp³-hybridized carbons (Fsp3) is 0. The molecule has 0 saturated carbocycles. The van der Waals surface area contributed by atoms with Crippen LogP contribution in [0.25, 0.3) is 16.9 Å². The summed E-state index contributed by atoms with van der Waals surface area (Å²) in [5.41, 5.74) is 2.01. The molecule has 146 valence electrons. The maximum atomic E-state index is 12.8. The van der Waals surface area contributed by atoms with Crippen molar-refractivity contribution < 1.29 is 12.6 Å². The number of hydrogen-bond donors (Lipinski definition) is 0. The predicted molar refractivity (Wildman–Crippen MR) is 113 cm³/mol. The molecule has 0 fully saturated rings. The van der Waals surface area contributed by atoms with Crippen LogP contribution in [0.1, 0.15) is 0 Å². The largest absolute Gasteiger partial charge is 0.358 e. The van der Waals surface area contributed by atoms with Gasteiger partial charge in [-0.1, -0.05) is 53.5 Å². The molecule has 0 radical (unpaired) electrons. The van der Waals surface area contributed by atoms with Gasteiger partial charge in [0.05, 0.1) is 11.4 Å². The first kappa shape index (κ1) is 19.5. The van der Waals surface area contributed by atoms with Gasteiger partial charge in [-0.2, -0.15) is 18.2 Å². The zero-order valence-corrected chi connectivity index (χ0v) is 17.2. The minimum atomic E-state index is -4.08. The van der Waals surface area contributed by atoms with Crippen molar-refractivity contribution in [3.63, 3.8) is 0 Å². The number of rotatable bonds is 5. The average Bonchev–Trinajstić information content (AvgIpc) is 3.12. The third kappa shape index (κ3) is 4.29. The van der Waals surface area contributed by atoms with Gasteiger partial charge < -0.3 is 4.18 Å². The second-order valence-corrected chi connectivity index (χ2v) is 8.53. The second kappa shape index (κ2) is 7.91. The van der Waals surface area contributed by atoms with Crippen LogP contribution in [0.3, 0.4) is 0 Å². The smallest absolute Gasteiger partial charge is 0.340 e. The van der Waals surface area contributed by atoms with Crippen LogP contribution in [-0.4, -0.2) is 18.2 Å². The third-order valence-electron chi connectivity index (χ3n) is 4.11. The lowest BCUT2D eigenvalue weighted by Crippen LogP contribution is -2.12. The third-order valence-corrected chi connectivity index (χ3v) is 5.86. The monoisotopic (exact) mass is 444 g/mol. The van der Waals surface area contributed by atoms with Gasteiger partial charge in [0.2, 0.25) is 5.88 Å². The summed E-state index contributed by atoms with van der Waals surface area (Å²) in [6.07, 6.45) is 0. The quantitative estimate of drug-likeness (QED) is 0.375. The molecule has 1 aromatic heterocycles. The summed E-state index contributed by atoms with van der Waals surface area (Å²) >= 11 is 11.8. The molecule has 0 amide bonds. The predicted octanol–water partition coefficient (Wildman–Crippen LogP) is 5.61. The molecule has 4 aromatic rings. The Bertz CT molecular complexity index is 1240. The van der Waals surface area contributed by atoms with Crippen LogP contribution in [0.5, 0.6) is 5.88 Å². The topological polar surface area (TPSA) is 61.2 Å². The van der Waals surface area contributed by atoms with Gasteiger partial charge in [-0.25, -0.2) is 0 Å². The van der Waals surface area contributed by atoms with E-state index in [9.17, 15) is 8.42 Å². The van der Waals surface area contributed by atoms with Crippen molar-refractivity contribution in [1.82, 2.24) is 9.78 Å². The highest BCUT2D eigenvalue weighted by molar-refractivity contribution is 7.87. The summed E-state index contributed by atoms with van der Waals surface area (Å²) in [5, 5.41) is 5.52. The van der Waals surface area contributed by atoms with E-state index >= 15 is 0 Å². The van der Waals surface area contributed by atoms with E-state index in [-0.39, 0.29) is 10.8 Å². The van der Waals surface area contributed by atoms with E-state index in [4.69, 9.17) is 27.4 Å². The highest BCUT2D eigenvalue weighted by atomic mass is 35.5. The summed E-state index contributed by atoms with van der Waals surface area (Å²) in [6, 6.07) is 23.6. The first-order valence-corrected chi connectivity index (χ1v) is 10.7. The van der Waals surface area contributed by atoms with Gasteiger partial charge in [0, 0.05) is 21.7 Å². The lowest BCUT2D eigenvalue weighted by molar-refractivity contribution is 0.465. The summed E-state index contributed by atoms with van der Waals surface area (Å²) in [4.78, 5) is -0.00739. The van der Waals surface area contributed by atoms with E-state index in [2.05, 4.69) is 5.10 Å². The Balaban J connectivity index is 1.79. The zero-order valence-electron chi connectivity index (χ0n) is 14.9. The van der Waals surface area contributed by atoms with Crippen LogP contribution in [0.4, 0.5) is 0 Å². The van der Waals surface area contributed by atoms with E-state index in [1.807, 2.05) is 30.3 Å². The van der Waals surface area contributed by atoms with Gasteiger partial charge in [0.1, 0.15) is 4.90 Å². The Morgan fingerprint density at radius 1 is 0.793 bits per heavy atom. The van der Waals surface area contributed by atoms with Gasteiger partial charge >= 0.3 is 10.1 Å². The van der Waals surface area contributed by atoms with Gasteiger partial charge in [-0.15, -0.1) is 0 Å². The lowest BCUT2D eigenvalue weighted by Gasteiger charge is -2.09. The zero-order chi connectivity index (χ0) is 20.4. The molecular formula is C21H14Cl2N2O3S. The molecule has 0 spiro atoms.